The zero-order valence-corrected chi connectivity index (χ0v) is 24.8. The number of fused-ring (bicyclic) bond motifs is 5. The Balaban J connectivity index is 1.37. The molecule has 4 aliphatic carbocycles. The van der Waals surface area contributed by atoms with Crippen LogP contribution >= 0.6 is 12.2 Å². The minimum absolute atomic E-state index is 0.0235. The number of anilines is 1. The summed E-state index contributed by atoms with van der Waals surface area (Å²) in [4.78, 5) is 13.3. The SMILES string of the molecule is CCOC(=O)[C@]1(C)CCC[C@@]2(C)[C@@H]3CC[C@@]4(C)C[C@]3(CC[C@@H]21)c1cn(C(=S)Nc2c(C)cccc2C)nc14. The Morgan fingerprint density at radius 1 is 1.11 bits per heavy atom. The molecule has 2 bridgehead atoms. The molecule has 6 rings (SSSR count). The largest absolute Gasteiger partial charge is 0.466 e. The van der Waals surface area contributed by atoms with Gasteiger partial charge in [0.1, 0.15) is 0 Å². The number of nitrogens with zero attached hydrogens (tertiary/aromatic N) is 2. The Hall–Kier alpha value is -2.21. The number of aromatic nitrogens is 2. The number of esters is 1. The Morgan fingerprint density at radius 3 is 2.53 bits per heavy atom. The van der Waals surface area contributed by atoms with Gasteiger partial charge in [-0.15, -0.1) is 0 Å². The van der Waals surface area contributed by atoms with Crippen LogP contribution in [0.2, 0.25) is 0 Å². The van der Waals surface area contributed by atoms with Gasteiger partial charge in [0, 0.05) is 28.3 Å². The molecule has 6 heteroatoms. The number of thiocarbonyl (C=S) groups is 1. The lowest BCUT2D eigenvalue weighted by atomic mass is 9.40. The van der Waals surface area contributed by atoms with Crippen LogP contribution < -0.4 is 5.32 Å². The average molecular weight is 534 g/mol. The molecule has 4 aliphatic rings. The van der Waals surface area contributed by atoms with Gasteiger partial charge in [0.25, 0.3) is 0 Å². The molecule has 3 fully saturated rings. The quantitative estimate of drug-likeness (QED) is 0.333. The van der Waals surface area contributed by atoms with Crippen LogP contribution in [0.1, 0.15) is 101 Å². The zero-order valence-electron chi connectivity index (χ0n) is 23.9. The van der Waals surface area contributed by atoms with Crippen LogP contribution in [0.4, 0.5) is 5.69 Å². The topological polar surface area (TPSA) is 56.1 Å². The van der Waals surface area contributed by atoms with Gasteiger partial charge in [-0.1, -0.05) is 38.5 Å². The molecule has 6 atom stereocenters. The fourth-order valence-electron chi connectivity index (χ4n) is 9.87. The first kappa shape index (κ1) is 26.0. The summed E-state index contributed by atoms with van der Waals surface area (Å²) in [5.41, 5.74) is 6.08. The van der Waals surface area contributed by atoms with E-state index in [1.54, 1.807) is 0 Å². The maximum Gasteiger partial charge on any atom is 0.312 e. The van der Waals surface area contributed by atoms with E-state index in [-0.39, 0.29) is 27.6 Å². The van der Waals surface area contributed by atoms with E-state index >= 15 is 0 Å². The van der Waals surface area contributed by atoms with Crippen LogP contribution in [-0.2, 0) is 20.4 Å². The van der Waals surface area contributed by atoms with Gasteiger partial charge in [0.05, 0.1) is 17.7 Å². The molecule has 0 radical (unpaired) electrons. The summed E-state index contributed by atoms with van der Waals surface area (Å²) in [5, 5.41) is 9.33. The van der Waals surface area contributed by atoms with E-state index in [9.17, 15) is 4.79 Å². The summed E-state index contributed by atoms with van der Waals surface area (Å²) in [6.07, 6.45) is 11.3. The van der Waals surface area contributed by atoms with E-state index in [2.05, 4.69) is 64.3 Å². The fourth-order valence-corrected chi connectivity index (χ4v) is 10.1. The molecule has 2 aromatic rings. The molecule has 1 N–H and O–H groups in total. The van der Waals surface area contributed by atoms with Crippen molar-refractivity contribution in [1.82, 2.24) is 9.78 Å². The van der Waals surface area contributed by atoms with E-state index in [1.807, 2.05) is 11.6 Å². The minimum atomic E-state index is -0.381. The van der Waals surface area contributed by atoms with Gasteiger partial charge in [0.2, 0.25) is 0 Å². The second kappa shape index (κ2) is 8.64. The van der Waals surface area contributed by atoms with Crippen molar-refractivity contribution in [3.05, 3.63) is 46.8 Å². The highest BCUT2D eigenvalue weighted by molar-refractivity contribution is 7.80. The molecule has 5 nitrogen and oxygen atoms in total. The fraction of sp³-hybridized carbons (Fsp3) is 0.656. The van der Waals surface area contributed by atoms with Crippen molar-refractivity contribution in [2.24, 2.45) is 22.7 Å². The van der Waals surface area contributed by atoms with Crippen molar-refractivity contribution >= 4 is 29.0 Å². The molecule has 1 aromatic heterocycles. The van der Waals surface area contributed by atoms with Crippen molar-refractivity contribution in [3.8, 4) is 0 Å². The summed E-state index contributed by atoms with van der Waals surface area (Å²) in [6.45, 7) is 13.8. The predicted molar refractivity (Wildman–Crippen MR) is 156 cm³/mol. The Bertz CT molecular complexity index is 1300. The van der Waals surface area contributed by atoms with Gasteiger partial charge in [0.15, 0.2) is 5.11 Å². The van der Waals surface area contributed by atoms with Gasteiger partial charge >= 0.3 is 5.97 Å². The number of carbonyl (C=O) groups excluding carboxylic acids is 1. The number of rotatable bonds is 3. The summed E-state index contributed by atoms with van der Waals surface area (Å²) in [7, 11) is 0. The van der Waals surface area contributed by atoms with Gasteiger partial charge in [-0.25, -0.2) is 4.68 Å². The smallest absolute Gasteiger partial charge is 0.312 e. The number of para-hydroxylation sites is 1. The van der Waals surface area contributed by atoms with E-state index in [4.69, 9.17) is 22.1 Å². The molecule has 0 saturated heterocycles. The molecule has 38 heavy (non-hydrogen) atoms. The van der Waals surface area contributed by atoms with E-state index < -0.39 is 0 Å². The second-order valence-corrected chi connectivity index (χ2v) is 14.0. The van der Waals surface area contributed by atoms with Crippen molar-refractivity contribution in [1.29, 1.82) is 0 Å². The Morgan fingerprint density at radius 2 is 1.82 bits per heavy atom. The molecule has 3 saturated carbocycles. The van der Waals surface area contributed by atoms with E-state index in [0.29, 0.717) is 23.6 Å². The number of benzene rings is 1. The lowest BCUT2D eigenvalue weighted by Gasteiger charge is -2.64. The lowest BCUT2D eigenvalue weighted by Crippen LogP contribution is -2.60. The number of nitrogens with one attached hydrogen (secondary N) is 1. The molecule has 0 aliphatic heterocycles. The third-order valence-electron chi connectivity index (χ3n) is 11.5. The highest BCUT2D eigenvalue weighted by Crippen LogP contribution is 2.72. The first-order chi connectivity index (χ1) is 18.0. The Kier molecular flexibility index (Phi) is 5.92. The number of hydrogen-bond donors (Lipinski definition) is 1. The summed E-state index contributed by atoms with van der Waals surface area (Å²) < 4.78 is 7.60. The molecular formula is C32H43N3O2S. The van der Waals surface area contributed by atoms with Gasteiger partial charge in [-0.3, -0.25) is 4.79 Å². The van der Waals surface area contributed by atoms with E-state index in [1.165, 1.54) is 41.6 Å². The van der Waals surface area contributed by atoms with Crippen LogP contribution in [0.15, 0.2) is 24.4 Å². The summed E-state index contributed by atoms with van der Waals surface area (Å²) in [6, 6.07) is 6.31. The molecule has 1 spiro atoms. The maximum atomic E-state index is 13.3. The second-order valence-electron chi connectivity index (χ2n) is 13.6. The minimum Gasteiger partial charge on any atom is -0.466 e. The summed E-state index contributed by atoms with van der Waals surface area (Å²) in [5.74, 6) is 0.943. The van der Waals surface area contributed by atoms with Gasteiger partial charge < -0.3 is 10.1 Å². The van der Waals surface area contributed by atoms with Crippen molar-refractivity contribution in [2.75, 3.05) is 11.9 Å². The zero-order chi connectivity index (χ0) is 27.1. The van der Waals surface area contributed by atoms with Crippen LogP contribution in [0, 0.1) is 36.5 Å². The van der Waals surface area contributed by atoms with Crippen molar-refractivity contribution in [3.63, 3.8) is 0 Å². The van der Waals surface area contributed by atoms with E-state index in [0.717, 1.165) is 37.8 Å². The highest BCUT2D eigenvalue weighted by atomic mass is 32.1. The third kappa shape index (κ3) is 3.44. The maximum absolute atomic E-state index is 13.3. The molecule has 0 unspecified atom stereocenters. The monoisotopic (exact) mass is 533 g/mol. The van der Waals surface area contributed by atoms with Gasteiger partial charge in [-0.2, -0.15) is 5.10 Å². The molecule has 1 heterocycles. The predicted octanol–water partition coefficient (Wildman–Crippen LogP) is 7.22. The number of aryl methyl sites for hydroxylation is 2. The van der Waals surface area contributed by atoms with Crippen LogP contribution in [0.25, 0.3) is 0 Å². The van der Waals surface area contributed by atoms with Crippen LogP contribution in [0.5, 0.6) is 0 Å². The normalized spacial score (nSPS) is 37.1. The summed E-state index contributed by atoms with van der Waals surface area (Å²) >= 11 is 5.92. The van der Waals surface area contributed by atoms with Crippen LogP contribution in [0.3, 0.4) is 0 Å². The molecule has 204 valence electrons. The van der Waals surface area contributed by atoms with Crippen molar-refractivity contribution in [2.45, 2.75) is 104 Å². The third-order valence-corrected chi connectivity index (χ3v) is 11.8. The number of ether oxygens (including phenoxy) is 1. The number of carbonyl (C=O) groups is 1. The van der Waals surface area contributed by atoms with Crippen LogP contribution in [-0.4, -0.2) is 27.5 Å². The molecule has 0 amide bonds. The first-order valence-electron chi connectivity index (χ1n) is 14.6. The Labute approximate surface area is 233 Å². The molecular weight excluding hydrogens is 490 g/mol. The standard InChI is InChI=1S/C32H43N3O2S/c1-7-37-27(36)31(6)15-9-14-30(5)23(31)13-17-32-19-29(4,16-12-24(30)32)26-22(32)18-35(34-26)28(38)33-25-20(2)10-8-11-21(25)3/h8,10-11,18,23-24H,7,9,12-17,19H2,1-6H3,(H,33,38)/t23-,24-,29-,30+,31+,32+/m0/s1. The van der Waals surface area contributed by atoms with Gasteiger partial charge in [-0.05, 0) is 113 Å². The first-order valence-corrected chi connectivity index (χ1v) is 15.0. The highest BCUT2D eigenvalue weighted by Gasteiger charge is 2.68. The molecule has 1 aromatic carbocycles. The lowest BCUT2D eigenvalue weighted by molar-refractivity contribution is -0.180. The van der Waals surface area contributed by atoms with Crippen molar-refractivity contribution < 1.29 is 9.53 Å². The average Bonchev–Trinajstić information content (AvgIpc) is 3.39. The number of hydrogen-bond acceptors (Lipinski definition) is 4.